The average Bonchev–Trinajstić information content (AvgIpc) is 2.55. The molecule has 0 spiro atoms. The molecule has 1 aromatic rings. The second-order valence-electron chi connectivity index (χ2n) is 5.43. The van der Waals surface area contributed by atoms with E-state index in [0.717, 1.165) is 12.8 Å². The topological polar surface area (TPSA) is 81.4 Å². The number of carbonyl (C=O) groups is 2. The number of aldehydes is 1. The van der Waals surface area contributed by atoms with Gasteiger partial charge in [-0.1, -0.05) is 6.07 Å². The van der Waals surface area contributed by atoms with E-state index in [-0.39, 0.29) is 17.9 Å². The van der Waals surface area contributed by atoms with Gasteiger partial charge < -0.3 is 10.0 Å². The van der Waals surface area contributed by atoms with E-state index in [9.17, 15) is 22.4 Å². The number of piperidine rings is 1. The van der Waals surface area contributed by atoms with E-state index in [1.165, 1.54) is 6.07 Å². The normalized spacial score (nSPS) is 14.9. The number of aliphatic carboxylic acids is 1. The third-order valence-corrected chi connectivity index (χ3v) is 3.66. The number of hydrogen-bond acceptors (Lipinski definition) is 4. The highest BCUT2D eigenvalue weighted by Crippen LogP contribution is 2.28. The van der Waals surface area contributed by atoms with Gasteiger partial charge in [0.1, 0.15) is 17.4 Å². The molecule has 0 atom stereocenters. The first-order valence-electron chi connectivity index (χ1n) is 7.36. The third-order valence-electron chi connectivity index (χ3n) is 3.66. The molecule has 1 aliphatic rings. The van der Waals surface area contributed by atoms with Gasteiger partial charge in [0.25, 0.3) is 0 Å². The third kappa shape index (κ3) is 6.79. The number of carbonyl (C=O) groups excluding carboxylic acids is 1. The van der Waals surface area contributed by atoms with Gasteiger partial charge in [-0.2, -0.15) is 18.4 Å². The van der Waals surface area contributed by atoms with E-state index in [1.807, 2.05) is 11.0 Å². The maximum absolute atomic E-state index is 13.5. The lowest BCUT2D eigenvalue weighted by atomic mass is 9.93. The number of carboxylic acid groups (broad SMARTS) is 1. The van der Waals surface area contributed by atoms with Crippen LogP contribution in [0.2, 0.25) is 0 Å². The lowest BCUT2D eigenvalue weighted by molar-refractivity contribution is -0.156. The van der Waals surface area contributed by atoms with Gasteiger partial charge >= 0.3 is 12.1 Å². The van der Waals surface area contributed by atoms with Gasteiger partial charge in [0.15, 0.2) is 0 Å². The molecule has 1 aliphatic heterocycles. The Morgan fingerprint density at radius 1 is 1.36 bits per heavy atom. The van der Waals surface area contributed by atoms with Crippen LogP contribution in [0.4, 0.5) is 23.2 Å². The molecule has 1 heterocycles. The zero-order chi connectivity index (χ0) is 19.0. The molecule has 1 N–H and O–H groups in total. The van der Waals surface area contributed by atoms with Crippen molar-refractivity contribution in [3.63, 3.8) is 0 Å². The molecule has 0 aromatic heterocycles. The van der Waals surface area contributed by atoms with E-state index >= 15 is 0 Å². The first-order valence-corrected chi connectivity index (χ1v) is 7.36. The highest BCUT2D eigenvalue weighted by molar-refractivity contribution is 5.67. The molecule has 1 saturated heterocycles. The van der Waals surface area contributed by atoms with E-state index < -0.39 is 24.2 Å². The highest BCUT2D eigenvalue weighted by atomic mass is 19.4. The summed E-state index contributed by atoms with van der Waals surface area (Å²) in [5, 5.41) is 17.8. The van der Waals surface area contributed by atoms with Crippen molar-refractivity contribution < 1.29 is 32.3 Å². The Morgan fingerprint density at radius 3 is 2.36 bits per heavy atom. The number of anilines is 1. The zero-order valence-electron chi connectivity index (χ0n) is 13.1. The van der Waals surface area contributed by atoms with Crippen molar-refractivity contribution in [2.24, 2.45) is 5.92 Å². The summed E-state index contributed by atoms with van der Waals surface area (Å²) in [6.07, 6.45) is -4.00. The number of carboxylic acids is 1. The monoisotopic (exact) mass is 360 g/mol. The van der Waals surface area contributed by atoms with Crippen molar-refractivity contribution in [1.82, 2.24) is 0 Å². The van der Waals surface area contributed by atoms with Crippen LogP contribution >= 0.6 is 0 Å². The van der Waals surface area contributed by atoms with Crippen molar-refractivity contribution in [2.45, 2.75) is 25.4 Å². The van der Waals surface area contributed by atoms with E-state index in [4.69, 9.17) is 15.2 Å². The Morgan fingerprint density at radius 2 is 1.92 bits per heavy atom. The summed E-state index contributed by atoms with van der Waals surface area (Å²) in [7, 11) is 0. The van der Waals surface area contributed by atoms with Crippen LogP contribution in [0.5, 0.6) is 0 Å². The minimum Gasteiger partial charge on any atom is -0.481 e. The number of nitriles is 1. The number of halogens is 4. The summed E-state index contributed by atoms with van der Waals surface area (Å²) in [4.78, 5) is 21.3. The summed E-state index contributed by atoms with van der Waals surface area (Å²) in [6.45, 7) is 1.33. The maximum Gasteiger partial charge on any atom is 0.446 e. The molecule has 2 rings (SSSR count). The summed E-state index contributed by atoms with van der Waals surface area (Å²) in [6, 6.07) is 6.50. The molecule has 0 unspecified atom stereocenters. The van der Waals surface area contributed by atoms with E-state index in [1.54, 1.807) is 12.1 Å². The van der Waals surface area contributed by atoms with Crippen molar-refractivity contribution >= 4 is 17.9 Å². The van der Waals surface area contributed by atoms with Crippen molar-refractivity contribution in [2.75, 3.05) is 18.0 Å². The molecule has 1 aromatic carbocycles. The molecule has 1 fully saturated rings. The summed E-state index contributed by atoms with van der Waals surface area (Å²) < 4.78 is 44.8. The van der Waals surface area contributed by atoms with Crippen molar-refractivity contribution in [3.8, 4) is 6.07 Å². The molecule has 25 heavy (non-hydrogen) atoms. The molecule has 136 valence electrons. The van der Waals surface area contributed by atoms with E-state index in [0.29, 0.717) is 18.8 Å². The molecular formula is C16H16F4N2O3. The molecule has 0 bridgehead atoms. The number of nitrogens with zero attached hydrogens (tertiary/aromatic N) is 2. The summed E-state index contributed by atoms with van der Waals surface area (Å²) >= 11 is 0. The van der Waals surface area contributed by atoms with Crippen molar-refractivity contribution in [3.05, 3.63) is 29.6 Å². The van der Waals surface area contributed by atoms with Gasteiger partial charge in [0, 0.05) is 19.5 Å². The number of alkyl halides is 3. The number of hydrogen-bond donors (Lipinski definition) is 1. The Balaban J connectivity index is 0.000000450. The van der Waals surface area contributed by atoms with Crippen LogP contribution in [-0.2, 0) is 9.59 Å². The minimum atomic E-state index is -4.64. The SMILES string of the molecule is N#Cc1c(F)cccc1N1CCC(CC(=O)O)CC1.O=CC(F)(F)F. The highest BCUT2D eigenvalue weighted by Gasteiger charge is 2.25. The fourth-order valence-electron chi connectivity index (χ4n) is 2.51. The van der Waals surface area contributed by atoms with Gasteiger partial charge in [-0.15, -0.1) is 0 Å². The lowest BCUT2D eigenvalue weighted by Crippen LogP contribution is -2.34. The van der Waals surface area contributed by atoms with Gasteiger partial charge in [0.05, 0.1) is 5.69 Å². The molecule has 9 heteroatoms. The zero-order valence-corrected chi connectivity index (χ0v) is 13.1. The van der Waals surface area contributed by atoms with Gasteiger partial charge in [-0.25, -0.2) is 4.39 Å². The van der Waals surface area contributed by atoms with Crippen LogP contribution in [0.3, 0.4) is 0 Å². The van der Waals surface area contributed by atoms with Crippen LogP contribution in [0.1, 0.15) is 24.8 Å². The second-order valence-corrected chi connectivity index (χ2v) is 5.43. The van der Waals surface area contributed by atoms with Crippen LogP contribution < -0.4 is 4.90 Å². The van der Waals surface area contributed by atoms with Crippen LogP contribution in [-0.4, -0.2) is 36.6 Å². The Labute approximate surface area is 141 Å². The minimum absolute atomic E-state index is 0.0687. The van der Waals surface area contributed by atoms with Gasteiger partial charge in [-0.05, 0) is 30.9 Å². The molecule has 0 saturated carbocycles. The Bertz CT molecular complexity index is 648. The standard InChI is InChI=1S/C14H15FN2O2.C2HF3O/c15-12-2-1-3-13(11(12)9-16)17-6-4-10(5-7-17)8-14(18)19;3-2(4,5)1-6/h1-3,10H,4-8H2,(H,18,19);1H. The fourth-order valence-corrected chi connectivity index (χ4v) is 2.51. The first-order chi connectivity index (χ1) is 11.7. The Hall–Kier alpha value is -2.63. The smallest absolute Gasteiger partial charge is 0.446 e. The van der Waals surface area contributed by atoms with Crippen LogP contribution in [0.15, 0.2) is 18.2 Å². The molecule has 0 aliphatic carbocycles. The predicted molar refractivity (Wildman–Crippen MR) is 80.4 cm³/mol. The predicted octanol–water partition coefficient (Wildman–Crippen LogP) is 3.14. The molecule has 0 amide bonds. The van der Waals surface area contributed by atoms with Crippen LogP contribution in [0, 0.1) is 23.1 Å². The maximum atomic E-state index is 13.5. The Kier molecular flexibility index (Phi) is 7.36. The first kappa shape index (κ1) is 20.4. The number of rotatable bonds is 3. The summed E-state index contributed by atoms with van der Waals surface area (Å²) in [5.74, 6) is -1.11. The average molecular weight is 360 g/mol. The quantitative estimate of drug-likeness (QED) is 0.662. The van der Waals surface area contributed by atoms with Crippen LogP contribution in [0.25, 0.3) is 0 Å². The van der Waals surface area contributed by atoms with E-state index in [2.05, 4.69) is 0 Å². The van der Waals surface area contributed by atoms with Gasteiger partial charge in [-0.3, -0.25) is 9.59 Å². The second kappa shape index (κ2) is 9.01. The molecule has 5 nitrogen and oxygen atoms in total. The largest absolute Gasteiger partial charge is 0.481 e. The molecule has 0 radical (unpaired) electrons. The van der Waals surface area contributed by atoms with Gasteiger partial charge in [0.2, 0.25) is 6.29 Å². The fraction of sp³-hybridized carbons (Fsp3) is 0.438. The summed E-state index contributed by atoms with van der Waals surface area (Å²) in [5.41, 5.74) is 0.676. The number of benzene rings is 1. The molecular weight excluding hydrogens is 344 g/mol. The lowest BCUT2D eigenvalue weighted by Gasteiger charge is -2.33. The van der Waals surface area contributed by atoms with Crippen molar-refractivity contribution in [1.29, 1.82) is 5.26 Å².